The first-order valence-electron chi connectivity index (χ1n) is 5.41. The van der Waals surface area contributed by atoms with Gasteiger partial charge in [0.15, 0.2) is 0 Å². The minimum atomic E-state index is -0.903. The molecule has 3 heteroatoms. The van der Waals surface area contributed by atoms with Crippen molar-refractivity contribution >= 4 is 0 Å². The summed E-state index contributed by atoms with van der Waals surface area (Å²) in [6.07, 6.45) is -0.457. The molecular formula is C11H24NO2. The highest BCUT2D eigenvalue weighted by Crippen LogP contribution is 2.14. The average molecular weight is 202 g/mol. The second-order valence-corrected chi connectivity index (χ2v) is 4.92. The first-order chi connectivity index (χ1) is 6.34. The number of hydrogen-bond donors (Lipinski definition) is 2. The van der Waals surface area contributed by atoms with Gasteiger partial charge in [0.05, 0.1) is 18.2 Å². The molecule has 3 N–H and O–H groups in total. The average Bonchev–Trinajstić information content (AvgIpc) is 2.00. The Hall–Kier alpha value is -0.120. The molecule has 0 saturated heterocycles. The molecule has 14 heavy (non-hydrogen) atoms. The lowest BCUT2D eigenvalue weighted by Gasteiger charge is -2.25. The second kappa shape index (κ2) is 6.38. The summed E-state index contributed by atoms with van der Waals surface area (Å²) in [4.78, 5) is 0. The van der Waals surface area contributed by atoms with Crippen LogP contribution in [-0.2, 0) is 0 Å². The third-order valence-corrected chi connectivity index (χ3v) is 2.24. The van der Waals surface area contributed by atoms with Crippen LogP contribution in [0.4, 0.5) is 0 Å². The molecule has 0 fully saturated rings. The minimum Gasteiger partial charge on any atom is -0.390 e. The molecule has 0 aliphatic heterocycles. The van der Waals surface area contributed by atoms with Crippen molar-refractivity contribution in [2.45, 2.75) is 58.8 Å². The van der Waals surface area contributed by atoms with Gasteiger partial charge < -0.3 is 10.2 Å². The Labute approximate surface area is 87.3 Å². The normalized spacial score (nSPS) is 18.6. The molecule has 0 aromatic carbocycles. The summed E-state index contributed by atoms with van der Waals surface area (Å²) in [6.45, 7) is 8.03. The van der Waals surface area contributed by atoms with E-state index in [1.54, 1.807) is 0 Å². The fourth-order valence-electron chi connectivity index (χ4n) is 1.54. The predicted molar refractivity (Wildman–Crippen MR) is 57.8 cm³/mol. The maximum atomic E-state index is 9.65. The molecule has 3 atom stereocenters. The molecule has 0 aliphatic rings. The maximum absolute atomic E-state index is 9.65. The van der Waals surface area contributed by atoms with Crippen LogP contribution < -0.4 is 5.73 Å². The molecule has 0 saturated carbocycles. The van der Waals surface area contributed by atoms with Crippen molar-refractivity contribution in [2.75, 3.05) is 0 Å². The van der Waals surface area contributed by atoms with E-state index in [4.69, 9.17) is 5.73 Å². The molecule has 0 amide bonds. The summed E-state index contributed by atoms with van der Waals surface area (Å²) in [5, 5.41) is 19.2. The highest BCUT2D eigenvalue weighted by Gasteiger charge is 2.24. The van der Waals surface area contributed by atoms with E-state index in [2.05, 4.69) is 0 Å². The van der Waals surface area contributed by atoms with Crippen molar-refractivity contribution in [3.63, 3.8) is 0 Å². The van der Waals surface area contributed by atoms with Crippen LogP contribution in [0.2, 0.25) is 0 Å². The van der Waals surface area contributed by atoms with Gasteiger partial charge in [-0.1, -0.05) is 27.7 Å². The van der Waals surface area contributed by atoms with E-state index in [9.17, 15) is 10.2 Å². The van der Waals surface area contributed by atoms with Crippen LogP contribution in [0.1, 0.15) is 40.5 Å². The van der Waals surface area contributed by atoms with E-state index in [1.807, 2.05) is 27.7 Å². The second-order valence-electron chi connectivity index (χ2n) is 4.92. The van der Waals surface area contributed by atoms with E-state index in [0.29, 0.717) is 24.7 Å². The van der Waals surface area contributed by atoms with E-state index in [0.717, 1.165) is 0 Å². The largest absolute Gasteiger partial charge is 0.390 e. The van der Waals surface area contributed by atoms with Gasteiger partial charge in [-0.2, -0.15) is 0 Å². The van der Waals surface area contributed by atoms with Gasteiger partial charge in [0, 0.05) is 0 Å². The van der Waals surface area contributed by atoms with Crippen molar-refractivity contribution in [3.05, 3.63) is 0 Å². The molecule has 3 nitrogen and oxygen atoms in total. The first kappa shape index (κ1) is 13.9. The first-order valence-corrected chi connectivity index (χ1v) is 5.41. The lowest BCUT2D eigenvalue weighted by atomic mass is 9.93. The highest BCUT2D eigenvalue weighted by atomic mass is 16.3. The molecule has 1 radical (unpaired) electrons. The third-order valence-electron chi connectivity index (χ3n) is 2.24. The summed E-state index contributed by atoms with van der Waals surface area (Å²) < 4.78 is 0. The lowest BCUT2D eigenvalue weighted by molar-refractivity contribution is -0.0115. The number of hydrogen-bond acceptors (Lipinski definition) is 2. The van der Waals surface area contributed by atoms with E-state index >= 15 is 0 Å². The predicted octanol–water partition coefficient (Wildman–Crippen LogP) is 1.45. The topological polar surface area (TPSA) is 64.3 Å². The summed E-state index contributed by atoms with van der Waals surface area (Å²) in [7, 11) is 0. The quantitative estimate of drug-likeness (QED) is 0.684. The Balaban J connectivity index is 3.96. The van der Waals surface area contributed by atoms with Gasteiger partial charge in [0.1, 0.15) is 0 Å². The van der Waals surface area contributed by atoms with E-state index in [-0.39, 0.29) is 0 Å². The molecule has 85 valence electrons. The van der Waals surface area contributed by atoms with Gasteiger partial charge in [0.25, 0.3) is 0 Å². The Kier molecular flexibility index (Phi) is 6.33. The van der Waals surface area contributed by atoms with Gasteiger partial charge in [-0.25, -0.2) is 0 Å². The summed E-state index contributed by atoms with van der Waals surface area (Å²) >= 11 is 0. The van der Waals surface area contributed by atoms with Gasteiger partial charge >= 0.3 is 0 Å². The monoisotopic (exact) mass is 202 g/mol. The molecule has 0 bridgehead atoms. The number of nitrogens with one attached hydrogen (secondary N) is 1. The summed E-state index contributed by atoms with van der Waals surface area (Å²) in [5.41, 5.74) is 7.67. The number of aliphatic hydroxyl groups is 2. The zero-order valence-corrected chi connectivity index (χ0v) is 9.70. The summed E-state index contributed by atoms with van der Waals surface area (Å²) in [6, 6.07) is -0.566. The van der Waals surface area contributed by atoms with Gasteiger partial charge in [-0.3, -0.25) is 5.73 Å². The zero-order chi connectivity index (χ0) is 11.3. The standard InChI is InChI=1S/C11H24NO2/c1-7(2)5-9(12)11(14)10(13)6-8(3)4/h7-14H,5-6H2,1-4H3/t9-,10-,11+/m0/s1. The fourth-order valence-corrected chi connectivity index (χ4v) is 1.54. The fraction of sp³-hybridized carbons (Fsp3) is 1.00. The van der Waals surface area contributed by atoms with Crippen LogP contribution in [0.25, 0.3) is 0 Å². The van der Waals surface area contributed by atoms with E-state index in [1.165, 1.54) is 0 Å². The molecule has 0 aliphatic carbocycles. The molecule has 0 aromatic rings. The van der Waals surface area contributed by atoms with Crippen LogP contribution in [0.5, 0.6) is 0 Å². The van der Waals surface area contributed by atoms with Crippen LogP contribution in [0, 0.1) is 11.8 Å². The smallest absolute Gasteiger partial charge is 0.0965 e. The van der Waals surface area contributed by atoms with Crippen molar-refractivity contribution in [1.82, 2.24) is 5.73 Å². The van der Waals surface area contributed by atoms with Crippen LogP contribution in [-0.4, -0.2) is 28.5 Å². The lowest BCUT2D eigenvalue weighted by Crippen LogP contribution is -2.39. The maximum Gasteiger partial charge on any atom is 0.0965 e. The number of rotatable bonds is 6. The zero-order valence-electron chi connectivity index (χ0n) is 9.70. The molecular weight excluding hydrogens is 178 g/mol. The Bertz CT molecular complexity index is 132. The van der Waals surface area contributed by atoms with Gasteiger partial charge in [-0.05, 0) is 24.7 Å². The Morgan fingerprint density at radius 2 is 1.36 bits per heavy atom. The minimum absolute atomic E-state index is 0.353. The third kappa shape index (κ3) is 5.58. The molecule has 0 spiro atoms. The van der Waals surface area contributed by atoms with Crippen LogP contribution >= 0.6 is 0 Å². The summed E-state index contributed by atoms with van der Waals surface area (Å²) in [5.74, 6) is 0.740. The van der Waals surface area contributed by atoms with E-state index < -0.39 is 18.2 Å². The molecule has 0 unspecified atom stereocenters. The highest BCUT2D eigenvalue weighted by molar-refractivity contribution is 4.79. The van der Waals surface area contributed by atoms with Crippen molar-refractivity contribution < 1.29 is 10.2 Å². The molecule has 0 rings (SSSR count). The van der Waals surface area contributed by atoms with Crippen molar-refractivity contribution in [1.29, 1.82) is 0 Å². The Morgan fingerprint density at radius 1 is 0.929 bits per heavy atom. The van der Waals surface area contributed by atoms with Crippen LogP contribution in [0.3, 0.4) is 0 Å². The molecule has 0 aromatic heterocycles. The van der Waals surface area contributed by atoms with Crippen LogP contribution in [0.15, 0.2) is 0 Å². The Morgan fingerprint density at radius 3 is 1.71 bits per heavy atom. The van der Waals surface area contributed by atoms with Gasteiger partial charge in [0.2, 0.25) is 0 Å². The molecule has 0 heterocycles. The number of aliphatic hydroxyl groups excluding tert-OH is 2. The van der Waals surface area contributed by atoms with Crippen molar-refractivity contribution in [3.8, 4) is 0 Å². The van der Waals surface area contributed by atoms with Crippen molar-refractivity contribution in [2.24, 2.45) is 11.8 Å². The van der Waals surface area contributed by atoms with Gasteiger partial charge in [-0.15, -0.1) is 0 Å². The SMILES string of the molecule is CC(C)C[C@H]([NH])[C@@H](O)[C@@H](O)CC(C)C.